The summed E-state index contributed by atoms with van der Waals surface area (Å²) in [5.74, 6) is 0. The molecule has 0 atom stereocenters. The van der Waals surface area contributed by atoms with E-state index in [-0.39, 0.29) is 0 Å². The number of pyridine rings is 1. The third-order valence-corrected chi connectivity index (χ3v) is 2.98. The summed E-state index contributed by atoms with van der Waals surface area (Å²) in [5.41, 5.74) is 9.62. The summed E-state index contributed by atoms with van der Waals surface area (Å²) in [7, 11) is 1.98. The molecule has 1 aromatic heterocycles. The van der Waals surface area contributed by atoms with Crippen LogP contribution in [0.5, 0.6) is 0 Å². The van der Waals surface area contributed by atoms with Gasteiger partial charge < -0.3 is 10.6 Å². The van der Waals surface area contributed by atoms with Crippen molar-refractivity contribution in [3.63, 3.8) is 0 Å². The van der Waals surface area contributed by atoms with E-state index in [9.17, 15) is 0 Å². The molecule has 2 N–H and O–H groups in total. The Hall–Kier alpha value is -1.74. The summed E-state index contributed by atoms with van der Waals surface area (Å²) >= 11 is 5.99. The zero-order valence-electron chi connectivity index (χ0n) is 10.5. The van der Waals surface area contributed by atoms with Crippen molar-refractivity contribution in [1.82, 2.24) is 4.98 Å². The number of nitrogens with two attached hydrogens (primary N) is 1. The normalized spacial score (nSPS) is 10.4. The molecule has 0 fully saturated rings. The number of hydrogen-bond acceptors (Lipinski definition) is 3. The summed E-state index contributed by atoms with van der Waals surface area (Å²) in [6.07, 6.45) is 0. The van der Waals surface area contributed by atoms with Crippen LogP contribution in [0.25, 0.3) is 0 Å². The molecule has 0 saturated heterocycles. The Balaban J connectivity index is 2.21. The van der Waals surface area contributed by atoms with Gasteiger partial charge in [-0.25, -0.2) is 0 Å². The highest BCUT2D eigenvalue weighted by Crippen LogP contribution is 2.26. The minimum atomic E-state index is 0.684. The van der Waals surface area contributed by atoms with Crippen molar-refractivity contribution in [1.29, 1.82) is 0 Å². The van der Waals surface area contributed by atoms with Gasteiger partial charge in [0.25, 0.3) is 0 Å². The van der Waals surface area contributed by atoms with Gasteiger partial charge >= 0.3 is 0 Å². The number of anilines is 2. The second-order valence-corrected chi connectivity index (χ2v) is 4.77. The van der Waals surface area contributed by atoms with Gasteiger partial charge in [0.1, 0.15) is 0 Å². The number of hydrogen-bond donors (Lipinski definition) is 1. The van der Waals surface area contributed by atoms with Gasteiger partial charge in [0.05, 0.1) is 23.6 Å². The molecule has 0 aliphatic heterocycles. The van der Waals surface area contributed by atoms with Crippen LogP contribution in [-0.2, 0) is 6.54 Å². The first-order chi connectivity index (χ1) is 8.56. The molecule has 94 valence electrons. The zero-order chi connectivity index (χ0) is 13.1. The van der Waals surface area contributed by atoms with Crippen LogP contribution in [0.4, 0.5) is 11.4 Å². The minimum Gasteiger partial charge on any atom is -0.397 e. The lowest BCUT2D eigenvalue weighted by molar-refractivity contribution is 0.878. The Labute approximate surface area is 112 Å². The highest BCUT2D eigenvalue weighted by atomic mass is 35.5. The van der Waals surface area contributed by atoms with Crippen LogP contribution in [0, 0.1) is 6.92 Å². The Morgan fingerprint density at radius 2 is 2.06 bits per heavy atom. The standard InChI is InChI=1S/C14H16ClN3/c1-10-4-3-5-12(17-10)9-18(2)14-8-11(15)6-7-13(14)16/h3-8H,9,16H2,1-2H3. The highest BCUT2D eigenvalue weighted by molar-refractivity contribution is 6.31. The molecule has 0 amide bonds. The number of aromatic nitrogens is 1. The molecule has 0 bridgehead atoms. The summed E-state index contributed by atoms with van der Waals surface area (Å²) in [5, 5.41) is 0.684. The number of aryl methyl sites for hydroxylation is 1. The third-order valence-electron chi connectivity index (χ3n) is 2.75. The lowest BCUT2D eigenvalue weighted by Crippen LogP contribution is -2.18. The molecule has 0 saturated carbocycles. The van der Waals surface area contributed by atoms with Crippen LogP contribution in [0.15, 0.2) is 36.4 Å². The van der Waals surface area contributed by atoms with Gasteiger partial charge in [0.15, 0.2) is 0 Å². The van der Waals surface area contributed by atoms with Crippen molar-refractivity contribution in [3.05, 3.63) is 52.8 Å². The van der Waals surface area contributed by atoms with E-state index in [1.165, 1.54) is 0 Å². The lowest BCUT2D eigenvalue weighted by atomic mass is 10.2. The number of nitrogens with zero attached hydrogens (tertiary/aromatic N) is 2. The van der Waals surface area contributed by atoms with Gasteiger partial charge in [-0.2, -0.15) is 0 Å². The van der Waals surface area contributed by atoms with Gasteiger partial charge in [-0.15, -0.1) is 0 Å². The van der Waals surface area contributed by atoms with Crippen LogP contribution in [0.2, 0.25) is 5.02 Å². The quantitative estimate of drug-likeness (QED) is 0.863. The maximum absolute atomic E-state index is 5.99. The van der Waals surface area contributed by atoms with Crippen molar-refractivity contribution < 1.29 is 0 Å². The second kappa shape index (κ2) is 5.27. The molecule has 2 aromatic rings. The molecule has 18 heavy (non-hydrogen) atoms. The fraction of sp³-hybridized carbons (Fsp3) is 0.214. The molecule has 2 rings (SSSR count). The molecule has 0 unspecified atom stereocenters. The molecular formula is C14H16ClN3. The van der Waals surface area contributed by atoms with Crippen LogP contribution in [0.1, 0.15) is 11.4 Å². The minimum absolute atomic E-state index is 0.684. The molecule has 1 heterocycles. The van der Waals surface area contributed by atoms with Crippen molar-refractivity contribution in [2.75, 3.05) is 17.7 Å². The first kappa shape index (κ1) is 12.7. The predicted molar refractivity (Wildman–Crippen MR) is 76.9 cm³/mol. The Bertz CT molecular complexity index is 554. The first-order valence-corrected chi connectivity index (χ1v) is 6.13. The smallest absolute Gasteiger partial charge is 0.0615 e. The van der Waals surface area contributed by atoms with Crippen LogP contribution < -0.4 is 10.6 Å². The third kappa shape index (κ3) is 2.93. The van der Waals surface area contributed by atoms with Crippen molar-refractivity contribution >= 4 is 23.0 Å². The van der Waals surface area contributed by atoms with E-state index < -0.39 is 0 Å². The largest absolute Gasteiger partial charge is 0.397 e. The Kier molecular flexibility index (Phi) is 3.72. The summed E-state index contributed by atoms with van der Waals surface area (Å²) < 4.78 is 0. The molecule has 0 spiro atoms. The fourth-order valence-electron chi connectivity index (χ4n) is 1.86. The van der Waals surface area contributed by atoms with E-state index in [4.69, 9.17) is 17.3 Å². The molecule has 1 aromatic carbocycles. The van der Waals surface area contributed by atoms with E-state index >= 15 is 0 Å². The first-order valence-electron chi connectivity index (χ1n) is 5.75. The van der Waals surface area contributed by atoms with E-state index in [1.807, 2.05) is 49.2 Å². The van der Waals surface area contributed by atoms with Crippen LogP contribution >= 0.6 is 11.6 Å². The molecule has 3 nitrogen and oxygen atoms in total. The van der Waals surface area contributed by atoms with Crippen molar-refractivity contribution in [2.45, 2.75) is 13.5 Å². The molecule has 0 aliphatic carbocycles. The SMILES string of the molecule is Cc1cccc(CN(C)c2cc(Cl)ccc2N)n1. The molecule has 0 aliphatic rings. The Morgan fingerprint density at radius 1 is 1.28 bits per heavy atom. The van der Waals surface area contributed by atoms with E-state index in [1.54, 1.807) is 6.07 Å². The maximum Gasteiger partial charge on any atom is 0.0615 e. The summed E-state index contributed by atoms with van der Waals surface area (Å²) in [6.45, 7) is 2.68. The predicted octanol–water partition coefficient (Wildman–Crippen LogP) is 3.26. The van der Waals surface area contributed by atoms with Crippen molar-refractivity contribution in [2.24, 2.45) is 0 Å². The van der Waals surface area contributed by atoms with Crippen molar-refractivity contribution in [3.8, 4) is 0 Å². The van der Waals surface area contributed by atoms with Gasteiger partial charge in [-0.1, -0.05) is 17.7 Å². The van der Waals surface area contributed by atoms with E-state index in [2.05, 4.69) is 4.98 Å². The van der Waals surface area contributed by atoms with Crippen LogP contribution in [0.3, 0.4) is 0 Å². The fourth-order valence-corrected chi connectivity index (χ4v) is 2.03. The molecular weight excluding hydrogens is 246 g/mol. The average molecular weight is 262 g/mol. The van der Waals surface area contributed by atoms with Gasteiger partial charge in [-0.3, -0.25) is 4.98 Å². The number of halogens is 1. The highest BCUT2D eigenvalue weighted by Gasteiger charge is 2.07. The topological polar surface area (TPSA) is 42.1 Å². The maximum atomic E-state index is 5.99. The van der Waals surface area contributed by atoms with Gasteiger partial charge in [0, 0.05) is 17.8 Å². The van der Waals surface area contributed by atoms with Crippen LogP contribution in [-0.4, -0.2) is 12.0 Å². The summed E-state index contributed by atoms with van der Waals surface area (Å²) in [6, 6.07) is 11.5. The molecule has 4 heteroatoms. The second-order valence-electron chi connectivity index (χ2n) is 4.33. The van der Waals surface area contributed by atoms with Gasteiger partial charge in [0.2, 0.25) is 0 Å². The van der Waals surface area contributed by atoms with Gasteiger partial charge in [-0.05, 0) is 37.3 Å². The van der Waals surface area contributed by atoms with E-state index in [0.717, 1.165) is 22.8 Å². The van der Waals surface area contributed by atoms with E-state index in [0.29, 0.717) is 11.6 Å². The summed E-state index contributed by atoms with van der Waals surface area (Å²) in [4.78, 5) is 6.52. The average Bonchev–Trinajstić information content (AvgIpc) is 2.32. The monoisotopic (exact) mass is 261 g/mol. The number of benzene rings is 1. The number of nitrogen functional groups attached to an aromatic ring is 1. The molecule has 0 radical (unpaired) electrons. The zero-order valence-corrected chi connectivity index (χ0v) is 11.3. The Morgan fingerprint density at radius 3 is 2.78 bits per heavy atom. The number of rotatable bonds is 3. The lowest BCUT2D eigenvalue weighted by Gasteiger charge is -2.21.